The van der Waals surface area contributed by atoms with Gasteiger partial charge in [-0.1, -0.05) is 23.2 Å². The van der Waals surface area contributed by atoms with E-state index in [1.165, 1.54) is 12.1 Å². The number of ether oxygens (including phenoxy) is 2. The third-order valence-corrected chi connectivity index (χ3v) is 3.08. The number of halogens is 2. The molecule has 0 aromatic heterocycles. The first-order chi connectivity index (χ1) is 9.45. The standard InChI is InChI=1S/C13H18Cl2N2O3/c1-8(20-5-3-4-19-2)13(18)17-12-10(15)6-9(14)7-11(12)16/h6-8H,3-5,16H2,1-2H3,(H,17,18). The maximum Gasteiger partial charge on any atom is 0.253 e. The third kappa shape index (κ3) is 5.17. The molecule has 1 atom stereocenters. The van der Waals surface area contributed by atoms with Gasteiger partial charge in [-0.25, -0.2) is 0 Å². The van der Waals surface area contributed by atoms with Crippen molar-refractivity contribution in [3.63, 3.8) is 0 Å². The van der Waals surface area contributed by atoms with Gasteiger partial charge in [-0.05, 0) is 25.5 Å². The Morgan fingerprint density at radius 1 is 1.40 bits per heavy atom. The van der Waals surface area contributed by atoms with Gasteiger partial charge in [0.2, 0.25) is 0 Å². The van der Waals surface area contributed by atoms with E-state index in [1.807, 2.05) is 0 Å². The lowest BCUT2D eigenvalue weighted by Crippen LogP contribution is -2.28. The second-order valence-corrected chi connectivity index (χ2v) is 5.04. The maximum absolute atomic E-state index is 12.0. The summed E-state index contributed by atoms with van der Waals surface area (Å²) in [7, 11) is 1.61. The summed E-state index contributed by atoms with van der Waals surface area (Å²) < 4.78 is 10.3. The summed E-state index contributed by atoms with van der Waals surface area (Å²) in [6.45, 7) is 2.68. The maximum atomic E-state index is 12.0. The van der Waals surface area contributed by atoms with Crippen LogP contribution < -0.4 is 11.1 Å². The Morgan fingerprint density at radius 2 is 2.10 bits per heavy atom. The number of rotatable bonds is 7. The van der Waals surface area contributed by atoms with Gasteiger partial charge in [-0.3, -0.25) is 4.79 Å². The van der Waals surface area contributed by atoms with Crippen LogP contribution >= 0.6 is 23.2 Å². The van der Waals surface area contributed by atoms with Crippen LogP contribution in [0, 0.1) is 0 Å². The number of carbonyl (C=O) groups excluding carboxylic acids is 1. The SMILES string of the molecule is COCCCOC(C)C(=O)Nc1c(N)cc(Cl)cc1Cl. The molecular weight excluding hydrogens is 303 g/mol. The molecule has 0 aliphatic carbocycles. The topological polar surface area (TPSA) is 73.6 Å². The number of anilines is 2. The van der Waals surface area contributed by atoms with Crippen molar-refractivity contribution in [2.24, 2.45) is 0 Å². The molecule has 1 aromatic carbocycles. The predicted octanol–water partition coefficient (Wildman–Crippen LogP) is 2.96. The van der Waals surface area contributed by atoms with Crippen LogP contribution in [0.1, 0.15) is 13.3 Å². The van der Waals surface area contributed by atoms with E-state index in [4.69, 9.17) is 38.4 Å². The molecule has 0 heterocycles. The van der Waals surface area contributed by atoms with Crippen molar-refractivity contribution in [2.75, 3.05) is 31.4 Å². The summed E-state index contributed by atoms with van der Waals surface area (Å²) in [5, 5.41) is 3.33. The van der Waals surface area contributed by atoms with Gasteiger partial charge in [-0.15, -0.1) is 0 Å². The van der Waals surface area contributed by atoms with Gasteiger partial charge in [0.1, 0.15) is 6.10 Å². The lowest BCUT2D eigenvalue weighted by atomic mass is 10.2. The minimum atomic E-state index is -0.613. The smallest absolute Gasteiger partial charge is 0.253 e. The highest BCUT2D eigenvalue weighted by atomic mass is 35.5. The van der Waals surface area contributed by atoms with Gasteiger partial charge in [0, 0.05) is 25.3 Å². The van der Waals surface area contributed by atoms with Crippen LogP contribution in [0.5, 0.6) is 0 Å². The average Bonchev–Trinajstić information content (AvgIpc) is 2.38. The normalized spacial score (nSPS) is 12.2. The van der Waals surface area contributed by atoms with E-state index < -0.39 is 6.10 Å². The molecule has 0 aliphatic rings. The lowest BCUT2D eigenvalue weighted by Gasteiger charge is -2.15. The van der Waals surface area contributed by atoms with E-state index in [-0.39, 0.29) is 10.9 Å². The molecule has 5 nitrogen and oxygen atoms in total. The Morgan fingerprint density at radius 3 is 2.70 bits per heavy atom. The number of hydrogen-bond acceptors (Lipinski definition) is 4. The summed E-state index contributed by atoms with van der Waals surface area (Å²) in [6.07, 6.45) is 0.107. The summed E-state index contributed by atoms with van der Waals surface area (Å²) in [6, 6.07) is 3.03. The number of nitrogens with two attached hydrogens (primary N) is 1. The van der Waals surface area contributed by atoms with E-state index in [9.17, 15) is 4.79 Å². The molecule has 7 heteroatoms. The van der Waals surface area contributed by atoms with Crippen molar-refractivity contribution in [1.82, 2.24) is 0 Å². The third-order valence-electron chi connectivity index (χ3n) is 2.56. The van der Waals surface area contributed by atoms with E-state index in [0.717, 1.165) is 6.42 Å². The van der Waals surface area contributed by atoms with E-state index in [1.54, 1.807) is 14.0 Å². The van der Waals surface area contributed by atoms with Crippen LogP contribution in [-0.4, -0.2) is 32.3 Å². The van der Waals surface area contributed by atoms with Crippen molar-refractivity contribution in [2.45, 2.75) is 19.4 Å². The fourth-order valence-corrected chi connectivity index (χ4v) is 2.05. The van der Waals surface area contributed by atoms with Crippen LogP contribution in [0.15, 0.2) is 12.1 Å². The lowest BCUT2D eigenvalue weighted by molar-refractivity contribution is -0.126. The molecule has 112 valence electrons. The monoisotopic (exact) mass is 320 g/mol. The number of methoxy groups -OCH3 is 1. The zero-order valence-electron chi connectivity index (χ0n) is 11.4. The van der Waals surface area contributed by atoms with E-state index in [0.29, 0.717) is 29.6 Å². The van der Waals surface area contributed by atoms with Gasteiger partial charge < -0.3 is 20.5 Å². The van der Waals surface area contributed by atoms with Crippen LogP contribution in [-0.2, 0) is 14.3 Å². The number of nitrogen functional groups attached to an aromatic ring is 1. The molecule has 1 rings (SSSR count). The molecule has 0 fully saturated rings. The largest absolute Gasteiger partial charge is 0.397 e. The summed E-state index contributed by atoms with van der Waals surface area (Å²) in [5.74, 6) is -0.321. The first-order valence-electron chi connectivity index (χ1n) is 6.11. The summed E-state index contributed by atoms with van der Waals surface area (Å²) >= 11 is 11.8. The molecule has 0 radical (unpaired) electrons. The van der Waals surface area contributed by atoms with Crippen molar-refractivity contribution < 1.29 is 14.3 Å². The van der Waals surface area contributed by atoms with Crippen molar-refractivity contribution in [3.05, 3.63) is 22.2 Å². The molecule has 0 saturated carbocycles. The Kier molecular flexibility index (Phi) is 7.09. The molecule has 1 unspecified atom stereocenters. The Bertz CT molecular complexity index is 446. The highest BCUT2D eigenvalue weighted by Crippen LogP contribution is 2.32. The van der Waals surface area contributed by atoms with Gasteiger partial charge >= 0.3 is 0 Å². The van der Waals surface area contributed by atoms with Crippen molar-refractivity contribution in [3.8, 4) is 0 Å². The highest BCUT2D eigenvalue weighted by molar-refractivity contribution is 6.37. The Labute approximate surface area is 128 Å². The van der Waals surface area contributed by atoms with Crippen LogP contribution in [0.25, 0.3) is 0 Å². The van der Waals surface area contributed by atoms with Gasteiger partial charge in [0.25, 0.3) is 5.91 Å². The van der Waals surface area contributed by atoms with Crippen molar-refractivity contribution in [1.29, 1.82) is 0 Å². The second-order valence-electron chi connectivity index (χ2n) is 4.20. The first-order valence-corrected chi connectivity index (χ1v) is 6.87. The Hall–Kier alpha value is -1.01. The van der Waals surface area contributed by atoms with E-state index in [2.05, 4.69) is 5.32 Å². The molecular formula is C13H18Cl2N2O3. The zero-order chi connectivity index (χ0) is 15.1. The quantitative estimate of drug-likeness (QED) is 0.598. The van der Waals surface area contributed by atoms with E-state index >= 15 is 0 Å². The predicted molar refractivity (Wildman–Crippen MR) is 81.4 cm³/mol. The molecule has 0 bridgehead atoms. The molecule has 1 amide bonds. The molecule has 1 aromatic rings. The van der Waals surface area contributed by atoms with Gasteiger partial charge in [0.15, 0.2) is 0 Å². The molecule has 20 heavy (non-hydrogen) atoms. The minimum Gasteiger partial charge on any atom is -0.397 e. The van der Waals surface area contributed by atoms with Gasteiger partial charge in [-0.2, -0.15) is 0 Å². The zero-order valence-corrected chi connectivity index (χ0v) is 12.9. The number of hydrogen-bond donors (Lipinski definition) is 2. The summed E-state index contributed by atoms with van der Waals surface area (Å²) in [5.41, 5.74) is 6.42. The number of carbonyl (C=O) groups is 1. The van der Waals surface area contributed by atoms with Crippen LogP contribution in [0.3, 0.4) is 0 Å². The first kappa shape index (κ1) is 17.0. The van der Waals surface area contributed by atoms with Crippen LogP contribution in [0.4, 0.5) is 11.4 Å². The summed E-state index contributed by atoms with van der Waals surface area (Å²) in [4.78, 5) is 12.0. The highest BCUT2D eigenvalue weighted by Gasteiger charge is 2.16. The molecule has 0 spiro atoms. The molecule has 0 saturated heterocycles. The average molecular weight is 321 g/mol. The number of amides is 1. The van der Waals surface area contributed by atoms with Crippen molar-refractivity contribution >= 4 is 40.5 Å². The minimum absolute atomic E-state index is 0.287. The fraction of sp³-hybridized carbons (Fsp3) is 0.462. The molecule has 0 aliphatic heterocycles. The molecule has 3 N–H and O–H groups in total. The number of nitrogens with one attached hydrogen (secondary N) is 1. The number of benzene rings is 1. The second kappa shape index (κ2) is 8.32. The van der Waals surface area contributed by atoms with Gasteiger partial charge in [0.05, 0.1) is 16.4 Å². The van der Waals surface area contributed by atoms with Crippen LogP contribution in [0.2, 0.25) is 10.0 Å². The fourth-order valence-electron chi connectivity index (χ4n) is 1.49. The Balaban J connectivity index is 2.57.